The van der Waals surface area contributed by atoms with Crippen LogP contribution < -0.4 is 0 Å². The van der Waals surface area contributed by atoms with E-state index in [0.717, 1.165) is 36.2 Å². The summed E-state index contributed by atoms with van der Waals surface area (Å²) in [6.45, 7) is 0. The lowest BCUT2D eigenvalue weighted by Gasteiger charge is -2.26. The van der Waals surface area contributed by atoms with E-state index in [-0.39, 0.29) is 29.7 Å². The number of aliphatic imine (C=N–C) groups is 2. The Kier molecular flexibility index (Phi) is 6.28. The van der Waals surface area contributed by atoms with Crippen LogP contribution in [0.3, 0.4) is 0 Å². The molecule has 0 saturated heterocycles. The van der Waals surface area contributed by atoms with E-state index in [1.807, 2.05) is 12.2 Å². The summed E-state index contributed by atoms with van der Waals surface area (Å²) in [6.07, 6.45) is 11.2. The van der Waals surface area contributed by atoms with E-state index in [1.165, 1.54) is 0 Å². The number of hydrogen-bond donors (Lipinski definition) is 0. The Morgan fingerprint density at radius 2 is 2.06 bits per heavy atom. The Morgan fingerprint density at radius 3 is 2.77 bits per heavy atom. The topological polar surface area (TPSA) is 54.7 Å². The number of hydrogen-bond acceptors (Lipinski definition) is 4. The average Bonchev–Trinajstić information content (AvgIpc) is 2.71. The molecule has 1 aliphatic heterocycles. The van der Waals surface area contributed by atoms with Crippen LogP contribution in [0.1, 0.15) is 61.0 Å². The Bertz CT molecular complexity index is 1040. The van der Waals surface area contributed by atoms with E-state index in [1.54, 1.807) is 25.3 Å². The molecule has 0 radical (unpaired) electrons. The zero-order valence-corrected chi connectivity index (χ0v) is 18.1. The van der Waals surface area contributed by atoms with Crippen molar-refractivity contribution in [3.8, 4) is 0 Å². The third-order valence-corrected chi connectivity index (χ3v) is 6.25. The summed E-state index contributed by atoms with van der Waals surface area (Å²) < 4.78 is 26.6. The third kappa shape index (κ3) is 4.74. The van der Waals surface area contributed by atoms with Gasteiger partial charge in [-0.25, -0.2) is 18.8 Å². The summed E-state index contributed by atoms with van der Waals surface area (Å²) in [6, 6.07) is 3.36. The average molecular weight is 444 g/mol. The van der Waals surface area contributed by atoms with Crippen molar-refractivity contribution in [1.82, 2.24) is 4.98 Å². The zero-order chi connectivity index (χ0) is 22.0. The van der Waals surface area contributed by atoms with Gasteiger partial charge in [0.25, 0.3) is 0 Å². The number of aromatic nitrogens is 1. The van der Waals surface area contributed by atoms with Crippen molar-refractivity contribution in [2.75, 3.05) is 7.05 Å². The monoisotopic (exact) mass is 443 g/mol. The number of carbonyl (C=O) groups is 1. The number of allylic oxidation sites excluding steroid dienone is 5. The van der Waals surface area contributed by atoms with Crippen LogP contribution in [0.4, 0.5) is 8.78 Å². The summed E-state index contributed by atoms with van der Waals surface area (Å²) in [4.78, 5) is 26.2. The Morgan fingerprint density at radius 1 is 1.29 bits per heavy atom. The first-order valence-corrected chi connectivity index (χ1v) is 11.0. The summed E-state index contributed by atoms with van der Waals surface area (Å²) in [5, 5.41) is 0.107. The maximum absolute atomic E-state index is 13.3. The zero-order valence-electron chi connectivity index (χ0n) is 17.4. The smallest absolute Gasteiger partial charge is 0.248 e. The SMILES string of the molecule is CN=C1/C=C\CCCC2=C1C(C(=O)c1ccc(/C=C/C3CCC(F)(F)CC3)nc1Cl)=N2. The van der Waals surface area contributed by atoms with Crippen molar-refractivity contribution in [2.45, 2.75) is 50.9 Å². The number of Topliss-reactive ketones (excluding diaryl/α,β-unsaturated/α-hetero) is 1. The van der Waals surface area contributed by atoms with Crippen LogP contribution in [0, 0.1) is 5.92 Å². The Balaban J connectivity index is 1.47. The second-order valence-electron chi connectivity index (χ2n) is 8.14. The summed E-state index contributed by atoms with van der Waals surface area (Å²) in [5.74, 6) is -2.70. The van der Waals surface area contributed by atoms with Gasteiger partial charge in [0.1, 0.15) is 10.9 Å². The molecular weight excluding hydrogens is 420 g/mol. The van der Waals surface area contributed by atoms with Gasteiger partial charge < -0.3 is 0 Å². The minimum atomic E-state index is -2.54. The molecular formula is C24H24ClF2N3O. The molecule has 1 saturated carbocycles. The first kappa shape index (κ1) is 21.8. The fraction of sp³-hybridized carbons (Fsp3) is 0.417. The minimum Gasteiger partial charge on any atom is -0.288 e. The molecule has 0 bridgehead atoms. The molecule has 0 N–H and O–H groups in total. The number of halogens is 3. The van der Waals surface area contributed by atoms with E-state index in [4.69, 9.17) is 11.6 Å². The molecule has 1 aromatic rings. The highest BCUT2D eigenvalue weighted by atomic mass is 35.5. The highest BCUT2D eigenvalue weighted by Gasteiger charge is 2.34. The molecule has 0 spiro atoms. The summed E-state index contributed by atoms with van der Waals surface area (Å²) in [7, 11) is 1.70. The van der Waals surface area contributed by atoms with Crippen LogP contribution in [0.2, 0.25) is 5.15 Å². The molecule has 1 fully saturated rings. The molecule has 0 unspecified atom stereocenters. The number of carbonyl (C=O) groups excluding carboxylic acids is 1. The predicted molar refractivity (Wildman–Crippen MR) is 120 cm³/mol. The standard InChI is InChI=1S/C24H24ClF2N3O/c1-28-18-5-3-2-4-6-19-20(18)21(30-19)22(31)17-10-9-16(29-23(17)25)8-7-15-11-13-24(26,27)14-12-15/h3,5,7-10,15H,2,4,6,11-14H2,1H3/b5-3-,8-7+,28-18?. The first-order chi connectivity index (χ1) is 14.9. The fourth-order valence-electron chi connectivity index (χ4n) is 4.12. The van der Waals surface area contributed by atoms with E-state index >= 15 is 0 Å². The Labute approximate surface area is 185 Å². The lowest BCUT2D eigenvalue weighted by Crippen LogP contribution is -2.30. The molecule has 4 nitrogen and oxygen atoms in total. The number of nitrogens with zero attached hydrogens (tertiary/aromatic N) is 3. The van der Waals surface area contributed by atoms with Gasteiger partial charge in [0.05, 0.1) is 28.2 Å². The highest BCUT2D eigenvalue weighted by Crippen LogP contribution is 2.37. The van der Waals surface area contributed by atoms with Crippen molar-refractivity contribution < 1.29 is 13.6 Å². The number of ketones is 1. The molecule has 0 atom stereocenters. The van der Waals surface area contributed by atoms with Gasteiger partial charge in [0.15, 0.2) is 0 Å². The lowest BCUT2D eigenvalue weighted by molar-refractivity contribution is -0.0410. The van der Waals surface area contributed by atoms with E-state index in [2.05, 4.69) is 21.0 Å². The predicted octanol–water partition coefficient (Wildman–Crippen LogP) is 6.28. The van der Waals surface area contributed by atoms with Crippen LogP contribution in [0.5, 0.6) is 0 Å². The van der Waals surface area contributed by atoms with E-state index < -0.39 is 5.92 Å². The molecule has 3 aliphatic rings. The van der Waals surface area contributed by atoms with Gasteiger partial charge in [-0.2, -0.15) is 0 Å². The maximum atomic E-state index is 13.3. The minimum absolute atomic E-state index is 0.0815. The normalized spacial score (nSPS) is 23.7. The first-order valence-electron chi connectivity index (χ1n) is 10.6. The second kappa shape index (κ2) is 8.95. The van der Waals surface area contributed by atoms with Gasteiger partial charge in [-0.1, -0.05) is 23.8 Å². The van der Waals surface area contributed by atoms with Crippen molar-refractivity contribution in [2.24, 2.45) is 15.9 Å². The number of pyridine rings is 1. The van der Waals surface area contributed by atoms with Crippen molar-refractivity contribution in [1.29, 1.82) is 0 Å². The molecule has 0 aromatic carbocycles. The Hall–Kier alpha value is -2.47. The molecule has 31 heavy (non-hydrogen) atoms. The van der Waals surface area contributed by atoms with Crippen LogP contribution in [-0.2, 0) is 0 Å². The lowest BCUT2D eigenvalue weighted by atomic mass is 9.86. The van der Waals surface area contributed by atoms with Gasteiger partial charge in [0, 0.05) is 19.9 Å². The van der Waals surface area contributed by atoms with Crippen LogP contribution in [0.25, 0.3) is 6.08 Å². The molecule has 7 heteroatoms. The fourth-order valence-corrected chi connectivity index (χ4v) is 4.37. The van der Waals surface area contributed by atoms with Gasteiger partial charge in [-0.3, -0.25) is 9.79 Å². The number of alkyl halides is 2. The molecule has 2 heterocycles. The van der Waals surface area contributed by atoms with Gasteiger partial charge in [-0.05, 0) is 62.3 Å². The molecule has 4 rings (SSSR count). The van der Waals surface area contributed by atoms with E-state index in [9.17, 15) is 13.6 Å². The van der Waals surface area contributed by atoms with E-state index in [0.29, 0.717) is 29.8 Å². The summed E-state index contributed by atoms with van der Waals surface area (Å²) >= 11 is 6.33. The van der Waals surface area contributed by atoms with Crippen molar-refractivity contribution in [3.63, 3.8) is 0 Å². The summed E-state index contributed by atoms with van der Waals surface area (Å²) in [5.41, 5.74) is 3.74. The van der Waals surface area contributed by atoms with Crippen LogP contribution in [-0.4, -0.2) is 35.2 Å². The van der Waals surface area contributed by atoms with Gasteiger partial charge in [-0.15, -0.1) is 0 Å². The van der Waals surface area contributed by atoms with Crippen molar-refractivity contribution >= 4 is 34.9 Å². The quantitative estimate of drug-likeness (QED) is 0.406. The van der Waals surface area contributed by atoms with Crippen LogP contribution in [0.15, 0.2) is 51.6 Å². The van der Waals surface area contributed by atoms with Gasteiger partial charge in [0.2, 0.25) is 11.7 Å². The molecule has 2 aliphatic carbocycles. The second-order valence-corrected chi connectivity index (χ2v) is 8.50. The molecule has 1 aromatic heterocycles. The highest BCUT2D eigenvalue weighted by molar-refractivity contribution is 6.60. The maximum Gasteiger partial charge on any atom is 0.248 e. The molecule has 162 valence electrons. The number of rotatable bonds is 4. The molecule has 0 amide bonds. The van der Waals surface area contributed by atoms with Crippen LogP contribution >= 0.6 is 11.6 Å². The third-order valence-electron chi connectivity index (χ3n) is 5.96. The van der Waals surface area contributed by atoms with Crippen molar-refractivity contribution in [3.05, 3.63) is 58.0 Å². The largest absolute Gasteiger partial charge is 0.288 e. The van der Waals surface area contributed by atoms with Gasteiger partial charge >= 0.3 is 0 Å².